The van der Waals surface area contributed by atoms with Crippen LogP contribution >= 0.6 is 11.3 Å². The lowest BCUT2D eigenvalue weighted by Crippen LogP contribution is -2.21. The van der Waals surface area contributed by atoms with Crippen molar-refractivity contribution in [2.45, 2.75) is 51.7 Å². The highest BCUT2D eigenvalue weighted by Gasteiger charge is 2.17. The number of nitrogens with zero attached hydrogens (tertiary/aromatic N) is 5. The first-order chi connectivity index (χ1) is 15.2. The molecule has 3 heterocycles. The van der Waals surface area contributed by atoms with Gasteiger partial charge in [0.2, 0.25) is 0 Å². The van der Waals surface area contributed by atoms with Crippen molar-refractivity contribution in [2.24, 2.45) is 0 Å². The smallest absolute Gasteiger partial charge is 0.317 e. The summed E-state index contributed by atoms with van der Waals surface area (Å²) in [4.78, 5) is 23.2. The highest BCUT2D eigenvalue weighted by Crippen LogP contribution is 2.31. The standard InChI is InChI=1S/C21H27N7O2S/c1-14-9-17(27-20(26-14)30-16-5-3-2-4-6-16)18-12-25-21(31-18)28-19-13-23-15(11-24-19)10-22-7-8-29/h9,11-13,16,22,29H,2-8,10H2,1H3,(H,24,25,28). The lowest BCUT2D eigenvalue weighted by Gasteiger charge is -2.21. The van der Waals surface area contributed by atoms with Gasteiger partial charge in [0.05, 0.1) is 35.3 Å². The average molecular weight is 442 g/mol. The number of ether oxygens (including phenoxy) is 1. The summed E-state index contributed by atoms with van der Waals surface area (Å²) in [5.74, 6) is 0.618. The molecule has 1 saturated carbocycles. The van der Waals surface area contributed by atoms with Gasteiger partial charge < -0.3 is 20.5 Å². The molecule has 0 spiro atoms. The molecule has 0 amide bonds. The van der Waals surface area contributed by atoms with Crippen LogP contribution in [0.1, 0.15) is 43.5 Å². The van der Waals surface area contributed by atoms with E-state index in [1.165, 1.54) is 30.6 Å². The lowest BCUT2D eigenvalue weighted by atomic mass is 9.98. The Hall–Kier alpha value is -2.69. The van der Waals surface area contributed by atoms with Gasteiger partial charge in [0.1, 0.15) is 6.10 Å². The summed E-state index contributed by atoms with van der Waals surface area (Å²) in [6.07, 6.45) is 11.2. The molecule has 4 rings (SSSR count). The molecule has 10 heteroatoms. The van der Waals surface area contributed by atoms with Crippen molar-refractivity contribution in [3.05, 3.63) is 36.0 Å². The minimum absolute atomic E-state index is 0.0967. The first-order valence-electron chi connectivity index (χ1n) is 10.6. The Kier molecular flexibility index (Phi) is 7.34. The summed E-state index contributed by atoms with van der Waals surface area (Å²) in [6, 6.07) is 2.39. The molecule has 0 bridgehead atoms. The van der Waals surface area contributed by atoms with Crippen LogP contribution < -0.4 is 15.4 Å². The Morgan fingerprint density at radius 1 is 1.10 bits per heavy atom. The molecule has 3 aromatic rings. The van der Waals surface area contributed by atoms with E-state index in [9.17, 15) is 0 Å². The summed E-state index contributed by atoms with van der Waals surface area (Å²) in [7, 11) is 0. The Morgan fingerprint density at radius 2 is 1.97 bits per heavy atom. The number of nitrogens with one attached hydrogen (secondary N) is 2. The number of hydrogen-bond acceptors (Lipinski definition) is 10. The van der Waals surface area contributed by atoms with Crippen LogP contribution in [0.2, 0.25) is 0 Å². The zero-order valence-corrected chi connectivity index (χ0v) is 18.4. The summed E-state index contributed by atoms with van der Waals surface area (Å²) in [5.41, 5.74) is 2.48. The van der Waals surface area contributed by atoms with Gasteiger partial charge in [0.15, 0.2) is 10.9 Å². The number of aryl methyl sites for hydroxylation is 1. The molecule has 31 heavy (non-hydrogen) atoms. The first-order valence-corrected chi connectivity index (χ1v) is 11.4. The molecular weight excluding hydrogens is 414 g/mol. The third-order valence-electron chi connectivity index (χ3n) is 4.95. The predicted octanol–water partition coefficient (Wildman–Crippen LogP) is 3.24. The van der Waals surface area contributed by atoms with Crippen LogP contribution in [-0.4, -0.2) is 49.3 Å². The van der Waals surface area contributed by atoms with Gasteiger partial charge >= 0.3 is 6.01 Å². The average Bonchev–Trinajstić information content (AvgIpc) is 3.24. The van der Waals surface area contributed by atoms with E-state index >= 15 is 0 Å². The van der Waals surface area contributed by atoms with Gasteiger partial charge in [0.25, 0.3) is 0 Å². The Morgan fingerprint density at radius 3 is 2.74 bits per heavy atom. The van der Waals surface area contributed by atoms with Crippen molar-refractivity contribution in [1.82, 2.24) is 30.2 Å². The predicted molar refractivity (Wildman–Crippen MR) is 119 cm³/mol. The van der Waals surface area contributed by atoms with E-state index in [4.69, 9.17) is 9.84 Å². The summed E-state index contributed by atoms with van der Waals surface area (Å²) in [6.45, 7) is 3.14. The van der Waals surface area contributed by atoms with Gasteiger partial charge in [-0.3, -0.25) is 4.98 Å². The van der Waals surface area contributed by atoms with Gasteiger partial charge in [-0.1, -0.05) is 17.8 Å². The number of aromatic nitrogens is 5. The largest absolute Gasteiger partial charge is 0.460 e. The molecule has 9 nitrogen and oxygen atoms in total. The fraction of sp³-hybridized carbons (Fsp3) is 0.476. The van der Waals surface area contributed by atoms with Crippen LogP contribution in [0.25, 0.3) is 10.6 Å². The minimum atomic E-state index is 0.0967. The van der Waals surface area contributed by atoms with E-state index in [0.717, 1.165) is 34.8 Å². The van der Waals surface area contributed by atoms with E-state index in [1.807, 2.05) is 13.0 Å². The highest BCUT2D eigenvalue weighted by molar-refractivity contribution is 7.18. The third kappa shape index (κ3) is 6.16. The van der Waals surface area contributed by atoms with Crippen LogP contribution in [0.15, 0.2) is 24.7 Å². The number of hydrogen-bond donors (Lipinski definition) is 3. The van der Waals surface area contributed by atoms with Gasteiger partial charge in [-0.05, 0) is 38.7 Å². The lowest BCUT2D eigenvalue weighted by molar-refractivity contribution is 0.142. The number of aliphatic hydroxyl groups excluding tert-OH is 1. The molecule has 0 unspecified atom stereocenters. The maximum Gasteiger partial charge on any atom is 0.317 e. The fourth-order valence-corrected chi connectivity index (χ4v) is 4.20. The molecule has 1 aliphatic carbocycles. The quantitative estimate of drug-likeness (QED) is 0.430. The fourth-order valence-electron chi connectivity index (χ4n) is 3.42. The van der Waals surface area contributed by atoms with Crippen molar-refractivity contribution in [3.63, 3.8) is 0 Å². The Bertz CT molecular complexity index is 974. The highest BCUT2D eigenvalue weighted by atomic mass is 32.1. The number of aliphatic hydroxyl groups is 1. The van der Waals surface area contributed by atoms with Crippen molar-refractivity contribution in [2.75, 3.05) is 18.5 Å². The normalized spacial score (nSPS) is 14.5. The van der Waals surface area contributed by atoms with Gasteiger partial charge in [-0.15, -0.1) is 0 Å². The second-order valence-corrected chi connectivity index (χ2v) is 8.53. The van der Waals surface area contributed by atoms with Gasteiger partial charge in [-0.2, -0.15) is 4.98 Å². The zero-order valence-electron chi connectivity index (χ0n) is 17.5. The number of thiazole rings is 1. The SMILES string of the molecule is Cc1cc(-c2cnc(Nc3cnc(CNCCO)cn3)s2)nc(OC2CCCCC2)n1. The summed E-state index contributed by atoms with van der Waals surface area (Å²) in [5, 5.41) is 15.8. The Balaban J connectivity index is 1.41. The van der Waals surface area contributed by atoms with Gasteiger partial charge in [0, 0.05) is 25.0 Å². The molecule has 164 valence electrons. The number of rotatable bonds is 9. The van der Waals surface area contributed by atoms with Crippen LogP contribution in [0.4, 0.5) is 10.9 Å². The molecular formula is C21H27N7O2S. The second kappa shape index (κ2) is 10.6. The van der Waals surface area contributed by atoms with E-state index in [0.29, 0.717) is 30.0 Å². The molecule has 0 saturated heterocycles. The molecule has 0 aromatic carbocycles. The van der Waals surface area contributed by atoms with Crippen molar-refractivity contribution < 1.29 is 9.84 Å². The first kappa shape index (κ1) is 21.5. The van der Waals surface area contributed by atoms with E-state index < -0.39 is 0 Å². The van der Waals surface area contributed by atoms with Crippen LogP contribution in [0.3, 0.4) is 0 Å². The zero-order chi connectivity index (χ0) is 21.5. The van der Waals surface area contributed by atoms with Gasteiger partial charge in [-0.25, -0.2) is 15.0 Å². The molecule has 3 aromatic heterocycles. The van der Waals surface area contributed by atoms with E-state index in [1.54, 1.807) is 18.6 Å². The van der Waals surface area contributed by atoms with E-state index in [2.05, 4.69) is 35.6 Å². The second-order valence-electron chi connectivity index (χ2n) is 7.50. The number of anilines is 2. The molecule has 3 N–H and O–H groups in total. The summed E-state index contributed by atoms with van der Waals surface area (Å²) >= 11 is 1.49. The summed E-state index contributed by atoms with van der Waals surface area (Å²) < 4.78 is 6.06. The molecule has 0 radical (unpaired) electrons. The van der Waals surface area contributed by atoms with Crippen LogP contribution in [-0.2, 0) is 6.54 Å². The van der Waals surface area contributed by atoms with Crippen LogP contribution in [0.5, 0.6) is 6.01 Å². The molecule has 0 atom stereocenters. The van der Waals surface area contributed by atoms with E-state index in [-0.39, 0.29) is 12.7 Å². The topological polar surface area (TPSA) is 118 Å². The van der Waals surface area contributed by atoms with Crippen molar-refractivity contribution >= 4 is 22.3 Å². The molecule has 1 fully saturated rings. The monoisotopic (exact) mass is 441 g/mol. The Labute approximate surface area is 185 Å². The maximum absolute atomic E-state index is 8.81. The third-order valence-corrected chi connectivity index (χ3v) is 5.89. The van der Waals surface area contributed by atoms with Crippen molar-refractivity contribution in [1.29, 1.82) is 0 Å². The molecule has 0 aliphatic heterocycles. The molecule has 1 aliphatic rings. The van der Waals surface area contributed by atoms with Crippen LogP contribution in [0, 0.1) is 6.92 Å². The van der Waals surface area contributed by atoms with Crippen molar-refractivity contribution in [3.8, 4) is 16.6 Å². The maximum atomic E-state index is 8.81. The minimum Gasteiger partial charge on any atom is -0.460 e.